The molecule has 0 aliphatic heterocycles. The van der Waals surface area contributed by atoms with Crippen molar-refractivity contribution in [3.63, 3.8) is 0 Å². The summed E-state index contributed by atoms with van der Waals surface area (Å²) in [5.41, 5.74) is 0.747. The highest BCUT2D eigenvalue weighted by Crippen LogP contribution is 2.14. The molecule has 0 bridgehead atoms. The van der Waals surface area contributed by atoms with Crippen molar-refractivity contribution >= 4 is 35.6 Å². The van der Waals surface area contributed by atoms with Gasteiger partial charge in [-0.3, -0.25) is 4.79 Å². The smallest absolute Gasteiger partial charge is 0.224 e. The van der Waals surface area contributed by atoms with Gasteiger partial charge in [0.25, 0.3) is 0 Å². The molecule has 0 aromatic heterocycles. The second kappa shape index (κ2) is 8.39. The van der Waals surface area contributed by atoms with E-state index < -0.39 is 0 Å². The molecule has 0 saturated heterocycles. The monoisotopic (exact) mass is 262 g/mol. The highest BCUT2D eigenvalue weighted by atomic mass is 35.5. The Labute approximate surface area is 107 Å². The maximum Gasteiger partial charge on any atom is 0.224 e. The van der Waals surface area contributed by atoms with Gasteiger partial charge in [0, 0.05) is 17.1 Å². The van der Waals surface area contributed by atoms with Crippen LogP contribution in [0.3, 0.4) is 0 Å². The molecule has 16 heavy (non-hydrogen) atoms. The van der Waals surface area contributed by atoms with E-state index in [0.717, 1.165) is 18.7 Å². The van der Waals surface area contributed by atoms with Gasteiger partial charge in [-0.2, -0.15) is 0 Å². The highest BCUT2D eigenvalue weighted by Gasteiger charge is 2.01. The Balaban J connectivity index is 0.00000225. The number of carbonyl (C=O) groups is 1. The summed E-state index contributed by atoms with van der Waals surface area (Å²) in [6.45, 7) is 0.850. The van der Waals surface area contributed by atoms with Crippen molar-refractivity contribution in [1.82, 2.24) is 5.32 Å². The lowest BCUT2D eigenvalue weighted by Crippen LogP contribution is -2.15. The van der Waals surface area contributed by atoms with Crippen molar-refractivity contribution < 1.29 is 4.79 Å². The zero-order valence-electron chi connectivity index (χ0n) is 9.13. The van der Waals surface area contributed by atoms with Crippen LogP contribution in [0.25, 0.3) is 0 Å². The highest BCUT2D eigenvalue weighted by molar-refractivity contribution is 6.30. The maximum absolute atomic E-state index is 11.4. The van der Waals surface area contributed by atoms with Gasteiger partial charge >= 0.3 is 0 Å². The second-order valence-electron chi connectivity index (χ2n) is 3.27. The summed E-state index contributed by atoms with van der Waals surface area (Å²) in [4.78, 5) is 11.4. The molecular weight excluding hydrogens is 247 g/mol. The van der Waals surface area contributed by atoms with Gasteiger partial charge in [-0.15, -0.1) is 12.4 Å². The molecule has 0 aliphatic carbocycles. The topological polar surface area (TPSA) is 41.1 Å². The lowest BCUT2D eigenvalue weighted by Gasteiger charge is -2.05. The molecule has 0 heterocycles. The normalized spacial score (nSPS) is 9.38. The van der Waals surface area contributed by atoms with E-state index in [2.05, 4.69) is 10.6 Å². The molecule has 1 rings (SSSR count). The van der Waals surface area contributed by atoms with Crippen molar-refractivity contribution in [2.75, 3.05) is 18.9 Å². The van der Waals surface area contributed by atoms with Crippen molar-refractivity contribution in [2.45, 2.75) is 12.8 Å². The fourth-order valence-corrected chi connectivity index (χ4v) is 1.41. The standard InChI is InChI=1S/C11H15ClN2O.ClH/c1-13-7-3-6-11(15)14-10-5-2-4-9(12)8-10;/h2,4-5,8,13H,3,6-7H2,1H3,(H,14,15);1H. The third-order valence-corrected chi connectivity index (χ3v) is 2.17. The molecule has 0 radical (unpaired) electrons. The van der Waals surface area contributed by atoms with Crippen LogP contribution in [0.2, 0.25) is 5.02 Å². The van der Waals surface area contributed by atoms with Crippen molar-refractivity contribution in [2.24, 2.45) is 0 Å². The average molecular weight is 263 g/mol. The number of nitrogens with one attached hydrogen (secondary N) is 2. The van der Waals surface area contributed by atoms with E-state index in [0.29, 0.717) is 11.4 Å². The molecule has 0 saturated carbocycles. The Bertz CT molecular complexity index is 332. The Morgan fingerprint density at radius 2 is 2.19 bits per heavy atom. The van der Waals surface area contributed by atoms with E-state index in [1.807, 2.05) is 19.2 Å². The minimum Gasteiger partial charge on any atom is -0.326 e. The lowest BCUT2D eigenvalue weighted by molar-refractivity contribution is -0.116. The van der Waals surface area contributed by atoms with E-state index in [-0.39, 0.29) is 18.3 Å². The lowest BCUT2D eigenvalue weighted by atomic mass is 10.2. The van der Waals surface area contributed by atoms with Crippen LogP contribution in [0.15, 0.2) is 24.3 Å². The van der Waals surface area contributed by atoms with Gasteiger partial charge in [0.15, 0.2) is 0 Å². The summed E-state index contributed by atoms with van der Waals surface area (Å²) in [5.74, 6) is 0.0208. The van der Waals surface area contributed by atoms with Gasteiger partial charge in [-0.1, -0.05) is 17.7 Å². The predicted octanol–water partition coefficient (Wildman–Crippen LogP) is 2.70. The first kappa shape index (κ1) is 15.2. The van der Waals surface area contributed by atoms with Crippen molar-refractivity contribution in [3.8, 4) is 0 Å². The Morgan fingerprint density at radius 3 is 2.81 bits per heavy atom. The third-order valence-electron chi connectivity index (χ3n) is 1.94. The molecule has 90 valence electrons. The van der Waals surface area contributed by atoms with E-state index in [1.165, 1.54) is 0 Å². The molecule has 0 atom stereocenters. The van der Waals surface area contributed by atoms with Crippen LogP contribution in [-0.2, 0) is 4.79 Å². The minimum atomic E-state index is 0. The van der Waals surface area contributed by atoms with Crippen LogP contribution in [0.4, 0.5) is 5.69 Å². The largest absolute Gasteiger partial charge is 0.326 e. The number of hydrogen-bond donors (Lipinski definition) is 2. The number of anilines is 1. The van der Waals surface area contributed by atoms with Crippen LogP contribution in [-0.4, -0.2) is 19.5 Å². The quantitative estimate of drug-likeness (QED) is 0.802. The Kier molecular flexibility index (Phi) is 7.99. The molecule has 1 amide bonds. The van der Waals surface area contributed by atoms with E-state index in [4.69, 9.17) is 11.6 Å². The fraction of sp³-hybridized carbons (Fsp3) is 0.364. The minimum absolute atomic E-state index is 0. The number of carbonyl (C=O) groups excluding carboxylic acids is 1. The van der Waals surface area contributed by atoms with Gasteiger partial charge in [0.2, 0.25) is 5.91 Å². The van der Waals surface area contributed by atoms with Crippen LogP contribution in [0, 0.1) is 0 Å². The maximum atomic E-state index is 11.4. The number of halogens is 2. The molecular formula is C11H16Cl2N2O. The summed E-state index contributed by atoms with van der Waals surface area (Å²) in [5, 5.41) is 6.41. The Morgan fingerprint density at radius 1 is 1.44 bits per heavy atom. The molecule has 1 aromatic carbocycles. The van der Waals surface area contributed by atoms with Crippen molar-refractivity contribution in [3.05, 3.63) is 29.3 Å². The van der Waals surface area contributed by atoms with Crippen LogP contribution >= 0.6 is 24.0 Å². The van der Waals surface area contributed by atoms with Crippen LogP contribution in [0.1, 0.15) is 12.8 Å². The number of amides is 1. The summed E-state index contributed by atoms with van der Waals surface area (Å²) < 4.78 is 0. The van der Waals surface area contributed by atoms with Crippen LogP contribution < -0.4 is 10.6 Å². The van der Waals surface area contributed by atoms with E-state index >= 15 is 0 Å². The zero-order chi connectivity index (χ0) is 11.1. The summed E-state index contributed by atoms with van der Waals surface area (Å²) in [6.07, 6.45) is 1.36. The first-order valence-corrected chi connectivity index (χ1v) is 5.30. The second-order valence-corrected chi connectivity index (χ2v) is 3.70. The van der Waals surface area contributed by atoms with Gasteiger partial charge in [-0.25, -0.2) is 0 Å². The van der Waals surface area contributed by atoms with Crippen molar-refractivity contribution in [1.29, 1.82) is 0 Å². The van der Waals surface area contributed by atoms with E-state index in [9.17, 15) is 4.79 Å². The fourth-order valence-electron chi connectivity index (χ4n) is 1.22. The SMILES string of the molecule is CNCCCC(=O)Nc1cccc(Cl)c1.Cl. The number of rotatable bonds is 5. The summed E-state index contributed by atoms with van der Waals surface area (Å²) in [6, 6.07) is 7.14. The first-order chi connectivity index (χ1) is 7.22. The predicted molar refractivity (Wildman–Crippen MR) is 70.5 cm³/mol. The average Bonchev–Trinajstić information content (AvgIpc) is 2.18. The van der Waals surface area contributed by atoms with Gasteiger partial charge < -0.3 is 10.6 Å². The molecule has 0 aliphatic rings. The number of benzene rings is 1. The van der Waals surface area contributed by atoms with Gasteiger partial charge in [-0.05, 0) is 38.2 Å². The van der Waals surface area contributed by atoms with Gasteiger partial charge in [0.1, 0.15) is 0 Å². The molecule has 0 spiro atoms. The van der Waals surface area contributed by atoms with Crippen LogP contribution in [0.5, 0.6) is 0 Å². The molecule has 0 unspecified atom stereocenters. The first-order valence-electron chi connectivity index (χ1n) is 4.92. The third kappa shape index (κ3) is 5.95. The number of hydrogen-bond acceptors (Lipinski definition) is 2. The molecule has 5 heteroatoms. The zero-order valence-corrected chi connectivity index (χ0v) is 10.7. The molecule has 3 nitrogen and oxygen atoms in total. The molecule has 2 N–H and O–H groups in total. The summed E-state index contributed by atoms with van der Waals surface area (Å²) in [7, 11) is 1.87. The molecule has 0 fully saturated rings. The molecule has 1 aromatic rings. The van der Waals surface area contributed by atoms with Gasteiger partial charge in [0.05, 0.1) is 0 Å². The van der Waals surface area contributed by atoms with E-state index in [1.54, 1.807) is 12.1 Å². The Hall–Kier alpha value is -0.770. The summed E-state index contributed by atoms with van der Waals surface area (Å²) >= 11 is 5.79.